The van der Waals surface area contributed by atoms with Gasteiger partial charge in [0.1, 0.15) is 28.5 Å². The molecule has 0 saturated heterocycles. The average Bonchev–Trinajstić information content (AvgIpc) is 3.61. The third kappa shape index (κ3) is 5.04. The number of nitrogens with one attached hydrogen (secondary N) is 1. The smallest absolute Gasteiger partial charge is 0.313 e. The third-order valence-corrected chi connectivity index (χ3v) is 8.71. The van der Waals surface area contributed by atoms with Crippen LogP contribution in [0.4, 0.5) is 15.8 Å². The zero-order chi connectivity index (χ0) is 24.5. The second-order valence-corrected chi connectivity index (χ2v) is 11.4. The number of rotatable bonds is 9. The van der Waals surface area contributed by atoms with Gasteiger partial charge in [0.2, 0.25) is 10.0 Å². The van der Waals surface area contributed by atoms with Crippen molar-refractivity contribution in [1.82, 2.24) is 4.72 Å². The number of benzene rings is 2. The van der Waals surface area contributed by atoms with E-state index in [0.717, 1.165) is 12.8 Å². The van der Waals surface area contributed by atoms with E-state index >= 15 is 0 Å². The number of nitrogens with zero attached hydrogens (tertiary/aromatic N) is 1. The topological polar surface area (TPSA) is 95.9 Å². The zero-order valence-corrected chi connectivity index (χ0v) is 20.8. The Kier molecular flexibility index (Phi) is 7.12. The van der Waals surface area contributed by atoms with Gasteiger partial charge >= 0.3 is 5.97 Å². The summed E-state index contributed by atoms with van der Waals surface area (Å²) >= 11 is 1.39. The van der Waals surface area contributed by atoms with E-state index in [4.69, 9.17) is 4.74 Å². The number of unbranched alkanes of at least 4 members (excludes halogenated alkanes) is 1. The lowest BCUT2D eigenvalue weighted by Gasteiger charge is -2.28. The summed E-state index contributed by atoms with van der Waals surface area (Å²) in [7, 11) is -3.88. The van der Waals surface area contributed by atoms with E-state index < -0.39 is 21.4 Å². The number of anilines is 2. The number of halogens is 1. The van der Waals surface area contributed by atoms with Gasteiger partial charge in [-0.25, -0.2) is 17.5 Å². The van der Waals surface area contributed by atoms with Crippen LogP contribution >= 0.6 is 11.8 Å². The molecule has 1 aliphatic heterocycles. The van der Waals surface area contributed by atoms with Gasteiger partial charge in [-0.05, 0) is 55.9 Å². The Balaban J connectivity index is 1.78. The fourth-order valence-electron chi connectivity index (χ4n) is 4.12. The molecule has 0 aromatic heterocycles. The van der Waals surface area contributed by atoms with Gasteiger partial charge in [0.25, 0.3) is 0 Å². The summed E-state index contributed by atoms with van der Waals surface area (Å²) in [6.45, 7) is 2.44. The van der Waals surface area contributed by atoms with E-state index in [2.05, 4.69) is 11.6 Å². The number of fused-ring (bicyclic) bond motifs is 1. The highest BCUT2D eigenvalue weighted by Gasteiger charge is 2.51. The minimum absolute atomic E-state index is 0.0110. The molecular formula is C24H29FN2O5S2. The molecule has 2 aromatic rings. The Morgan fingerprint density at radius 3 is 2.59 bits per heavy atom. The molecule has 10 heteroatoms. The fraction of sp³-hybridized carbons (Fsp3) is 0.458. The highest BCUT2D eigenvalue weighted by Crippen LogP contribution is 2.47. The van der Waals surface area contributed by atoms with Crippen LogP contribution in [0.2, 0.25) is 0 Å². The minimum Gasteiger partial charge on any atom is -0.491 e. The molecule has 2 N–H and O–H groups in total. The number of carbonyl (C=O) groups is 1. The second-order valence-electron chi connectivity index (χ2n) is 8.89. The number of thioether (sulfide) groups is 1. The van der Waals surface area contributed by atoms with E-state index in [9.17, 15) is 22.7 Å². The molecule has 184 valence electrons. The average molecular weight is 509 g/mol. The van der Waals surface area contributed by atoms with Crippen molar-refractivity contribution in [1.29, 1.82) is 0 Å². The second kappa shape index (κ2) is 9.75. The van der Waals surface area contributed by atoms with Gasteiger partial charge in [-0.1, -0.05) is 19.8 Å². The van der Waals surface area contributed by atoms with Gasteiger partial charge < -0.3 is 14.7 Å². The van der Waals surface area contributed by atoms with Crippen LogP contribution in [0.5, 0.6) is 5.75 Å². The molecule has 0 radical (unpaired) electrons. The first-order valence-electron chi connectivity index (χ1n) is 11.3. The third-order valence-electron chi connectivity index (χ3n) is 6.41. The largest absolute Gasteiger partial charge is 0.491 e. The number of carboxylic acid groups (broad SMARTS) is 1. The minimum atomic E-state index is -3.88. The van der Waals surface area contributed by atoms with Crippen molar-refractivity contribution in [2.24, 2.45) is 5.41 Å². The van der Waals surface area contributed by atoms with Crippen LogP contribution < -0.4 is 14.4 Å². The number of carboxylic acids is 1. The first kappa shape index (κ1) is 24.8. The van der Waals surface area contributed by atoms with Crippen molar-refractivity contribution in [3.63, 3.8) is 0 Å². The van der Waals surface area contributed by atoms with Crippen LogP contribution in [0.25, 0.3) is 0 Å². The van der Waals surface area contributed by atoms with Gasteiger partial charge in [0, 0.05) is 24.3 Å². The highest BCUT2D eigenvalue weighted by atomic mass is 32.2. The van der Waals surface area contributed by atoms with Gasteiger partial charge in [-0.2, -0.15) is 0 Å². The van der Waals surface area contributed by atoms with Gasteiger partial charge in [0.05, 0.1) is 10.6 Å². The zero-order valence-electron chi connectivity index (χ0n) is 19.2. The Morgan fingerprint density at radius 2 is 2.00 bits per heavy atom. The maximum atomic E-state index is 13.6. The molecule has 7 nitrogen and oxygen atoms in total. The molecule has 1 atom stereocenters. The van der Waals surface area contributed by atoms with E-state index in [1.165, 1.54) is 30.0 Å². The van der Waals surface area contributed by atoms with Crippen molar-refractivity contribution in [2.75, 3.05) is 24.3 Å². The molecule has 2 aromatic carbocycles. The Hall–Kier alpha value is -2.30. The summed E-state index contributed by atoms with van der Waals surface area (Å²) in [4.78, 5) is 14.2. The summed E-state index contributed by atoms with van der Waals surface area (Å²) in [6, 6.07) is 8.92. The van der Waals surface area contributed by atoms with Gasteiger partial charge in [-0.3, -0.25) is 4.79 Å². The summed E-state index contributed by atoms with van der Waals surface area (Å²) in [5.74, 6) is -0.924. The lowest BCUT2D eigenvalue weighted by atomic mass is 10.1. The van der Waals surface area contributed by atoms with Crippen molar-refractivity contribution < 1.29 is 27.4 Å². The first-order chi connectivity index (χ1) is 16.2. The van der Waals surface area contributed by atoms with E-state index in [1.807, 2.05) is 11.2 Å². The number of ether oxygens (including phenoxy) is 1. The Labute approximate surface area is 203 Å². The van der Waals surface area contributed by atoms with Crippen LogP contribution in [-0.2, 0) is 14.8 Å². The monoisotopic (exact) mass is 508 g/mol. The molecule has 0 amide bonds. The van der Waals surface area contributed by atoms with Crippen LogP contribution in [0.3, 0.4) is 0 Å². The lowest BCUT2D eigenvalue weighted by molar-refractivity contribution is -0.144. The van der Waals surface area contributed by atoms with E-state index in [-0.39, 0.29) is 23.4 Å². The van der Waals surface area contributed by atoms with Crippen LogP contribution in [0, 0.1) is 11.2 Å². The summed E-state index contributed by atoms with van der Waals surface area (Å²) in [5, 5.41) is 9.48. The molecule has 1 saturated carbocycles. The highest BCUT2D eigenvalue weighted by molar-refractivity contribution is 7.98. The predicted molar refractivity (Wildman–Crippen MR) is 130 cm³/mol. The van der Waals surface area contributed by atoms with Crippen LogP contribution in [-0.4, -0.2) is 44.9 Å². The standard InChI is InChI=1S/C24H29FN2O5S2/c1-3-4-5-17-14-27(18-8-6-16(25)7-9-18)19-12-21(33-2)20(13-22(19)34(30,31)26-17)32-15-24(10-11-24)23(28)29/h6-9,12-13,17,26H,3-5,10-11,14-15H2,1-2H3,(H,28,29)/t17-/m0/s1. The number of aliphatic carboxylic acids is 1. The first-order valence-corrected chi connectivity index (χ1v) is 14.0. The van der Waals surface area contributed by atoms with Crippen molar-refractivity contribution >= 4 is 39.1 Å². The Bertz CT molecular complexity index is 1170. The lowest BCUT2D eigenvalue weighted by Crippen LogP contribution is -2.39. The molecule has 34 heavy (non-hydrogen) atoms. The molecule has 1 heterocycles. The molecule has 0 bridgehead atoms. The molecule has 2 aliphatic rings. The molecule has 0 spiro atoms. The maximum absolute atomic E-state index is 13.6. The van der Waals surface area contributed by atoms with Crippen LogP contribution in [0.1, 0.15) is 39.0 Å². The quantitative estimate of drug-likeness (QED) is 0.471. The Morgan fingerprint density at radius 1 is 1.29 bits per heavy atom. The van der Waals surface area contributed by atoms with Crippen molar-refractivity contribution in [3.8, 4) is 5.75 Å². The summed E-state index contributed by atoms with van der Waals surface area (Å²) in [6.07, 6.45) is 5.40. The van der Waals surface area contributed by atoms with Crippen molar-refractivity contribution in [2.45, 2.75) is 54.9 Å². The number of sulfonamides is 1. The predicted octanol–water partition coefficient (Wildman–Crippen LogP) is 4.78. The van der Waals surface area contributed by atoms with Crippen LogP contribution in [0.15, 0.2) is 46.2 Å². The summed E-state index contributed by atoms with van der Waals surface area (Å²) in [5.41, 5.74) is 0.270. The molecule has 0 unspecified atom stereocenters. The van der Waals surface area contributed by atoms with Gasteiger partial charge in [-0.15, -0.1) is 11.8 Å². The molecule has 1 aliphatic carbocycles. The van der Waals surface area contributed by atoms with Gasteiger partial charge in [0.15, 0.2) is 0 Å². The fourth-order valence-corrected chi connectivity index (χ4v) is 6.13. The van der Waals surface area contributed by atoms with E-state index in [0.29, 0.717) is 47.8 Å². The summed E-state index contributed by atoms with van der Waals surface area (Å²) < 4.78 is 49.2. The number of hydrogen-bond acceptors (Lipinski definition) is 6. The van der Waals surface area contributed by atoms with E-state index in [1.54, 1.807) is 18.2 Å². The molecule has 4 rings (SSSR count). The SMILES string of the molecule is CCCC[C@H]1CN(c2ccc(F)cc2)c2cc(SC)c(OCC3(C(=O)O)CC3)cc2S(=O)(=O)N1. The number of hydrogen-bond donors (Lipinski definition) is 2. The molecule has 1 fully saturated rings. The normalized spacial score (nSPS) is 20.3. The molecular weight excluding hydrogens is 479 g/mol. The maximum Gasteiger partial charge on any atom is 0.313 e. The van der Waals surface area contributed by atoms with Crippen molar-refractivity contribution in [3.05, 3.63) is 42.2 Å².